The summed E-state index contributed by atoms with van der Waals surface area (Å²) < 4.78 is 12.3. The number of carboxylic acids is 1. The number of nitrogens with zero attached hydrogens (tertiary/aromatic N) is 2. The second-order valence-electron chi connectivity index (χ2n) is 9.94. The van der Waals surface area contributed by atoms with Gasteiger partial charge >= 0.3 is 5.97 Å². The molecule has 8 heteroatoms. The molecule has 1 aromatic heterocycles. The Balaban J connectivity index is 1.19. The Morgan fingerprint density at radius 3 is 2.60 bits per heavy atom. The summed E-state index contributed by atoms with van der Waals surface area (Å²) in [6.07, 6.45) is 4.37. The maximum Gasteiger partial charge on any atom is 0.335 e. The van der Waals surface area contributed by atoms with Gasteiger partial charge in [0.2, 0.25) is 0 Å². The first kappa shape index (κ1) is 22.9. The summed E-state index contributed by atoms with van der Waals surface area (Å²) >= 11 is 13.0. The molecule has 0 radical (unpaired) electrons. The minimum atomic E-state index is -0.896. The number of rotatable bonds is 7. The van der Waals surface area contributed by atoms with Crippen LogP contribution in [0.5, 0.6) is 0 Å². The molecule has 6 nitrogen and oxygen atoms in total. The van der Waals surface area contributed by atoms with Crippen molar-refractivity contribution < 1.29 is 19.2 Å². The Morgan fingerprint density at radius 2 is 1.97 bits per heavy atom. The number of anilines is 1. The summed E-state index contributed by atoms with van der Waals surface area (Å²) in [5.41, 5.74) is 4.78. The van der Waals surface area contributed by atoms with Crippen LogP contribution in [-0.2, 0) is 11.3 Å². The lowest BCUT2D eigenvalue weighted by atomic mass is 10.0. The van der Waals surface area contributed by atoms with Crippen LogP contribution in [0.25, 0.3) is 11.3 Å². The van der Waals surface area contributed by atoms with Gasteiger partial charge in [0.05, 0.1) is 28.3 Å². The second-order valence-corrected chi connectivity index (χ2v) is 10.8. The molecule has 0 unspecified atom stereocenters. The number of hydrogen-bond acceptors (Lipinski definition) is 5. The number of ether oxygens (including phenoxy) is 1. The van der Waals surface area contributed by atoms with Gasteiger partial charge in [0, 0.05) is 41.2 Å². The average Bonchev–Trinajstić information content (AvgIpc) is 3.28. The summed E-state index contributed by atoms with van der Waals surface area (Å²) in [5.74, 6) is 0.821. The SMILES string of the molecule is Cc1cc(C(=O)O)ccc1N1C[C@@H]2C[C@H]1C[C@H]2OCc1c(-c2c(Cl)cccc2Cl)noc1C1CC1. The molecule has 6 rings (SSSR count). The average molecular weight is 513 g/mol. The van der Waals surface area contributed by atoms with Crippen molar-refractivity contribution in [2.75, 3.05) is 11.4 Å². The monoisotopic (exact) mass is 512 g/mol. The van der Waals surface area contributed by atoms with Crippen LogP contribution < -0.4 is 4.90 Å². The van der Waals surface area contributed by atoms with Crippen molar-refractivity contribution in [3.8, 4) is 11.3 Å². The second kappa shape index (κ2) is 8.84. The fourth-order valence-corrected chi connectivity index (χ4v) is 6.33. The molecule has 3 aromatic rings. The fraction of sp³-hybridized carbons (Fsp3) is 0.407. The number of aromatic nitrogens is 1. The molecule has 182 valence electrons. The molecular weight excluding hydrogens is 487 g/mol. The van der Waals surface area contributed by atoms with Crippen LogP contribution in [0.3, 0.4) is 0 Å². The van der Waals surface area contributed by atoms with E-state index >= 15 is 0 Å². The van der Waals surface area contributed by atoms with Gasteiger partial charge < -0.3 is 19.3 Å². The van der Waals surface area contributed by atoms with Gasteiger partial charge in [-0.2, -0.15) is 0 Å². The summed E-state index contributed by atoms with van der Waals surface area (Å²) in [4.78, 5) is 13.7. The predicted molar refractivity (Wildman–Crippen MR) is 135 cm³/mol. The quantitative estimate of drug-likeness (QED) is 0.378. The van der Waals surface area contributed by atoms with E-state index in [0.29, 0.717) is 51.4 Å². The minimum Gasteiger partial charge on any atom is -0.478 e. The Kier molecular flexibility index (Phi) is 5.78. The highest BCUT2D eigenvalue weighted by molar-refractivity contribution is 6.39. The van der Waals surface area contributed by atoms with E-state index in [0.717, 1.165) is 54.8 Å². The Bertz CT molecular complexity index is 1280. The van der Waals surface area contributed by atoms with E-state index in [1.54, 1.807) is 12.1 Å². The highest BCUT2D eigenvalue weighted by atomic mass is 35.5. The molecule has 2 saturated carbocycles. The van der Waals surface area contributed by atoms with E-state index in [1.165, 1.54) is 0 Å². The maximum absolute atomic E-state index is 11.3. The normalized spacial score (nSPS) is 23.3. The van der Waals surface area contributed by atoms with E-state index < -0.39 is 5.97 Å². The third-order valence-corrected chi connectivity index (χ3v) is 8.27. The first-order valence-electron chi connectivity index (χ1n) is 12.1. The highest BCUT2D eigenvalue weighted by Crippen LogP contribution is 2.47. The summed E-state index contributed by atoms with van der Waals surface area (Å²) in [5, 5.41) is 14.7. The van der Waals surface area contributed by atoms with Crippen molar-refractivity contribution >= 4 is 34.9 Å². The zero-order valence-electron chi connectivity index (χ0n) is 19.3. The number of fused-ring (bicyclic) bond motifs is 2. The molecule has 3 aliphatic rings. The van der Waals surface area contributed by atoms with Crippen molar-refractivity contribution in [2.45, 2.75) is 57.3 Å². The lowest BCUT2D eigenvalue weighted by Crippen LogP contribution is -2.39. The highest BCUT2D eigenvalue weighted by Gasteiger charge is 2.46. The van der Waals surface area contributed by atoms with Gasteiger partial charge in [-0.1, -0.05) is 34.4 Å². The molecule has 2 heterocycles. The van der Waals surface area contributed by atoms with Crippen molar-refractivity contribution in [2.24, 2.45) is 5.92 Å². The maximum atomic E-state index is 11.3. The topological polar surface area (TPSA) is 75.8 Å². The number of carboxylic acid groups (broad SMARTS) is 1. The van der Waals surface area contributed by atoms with Crippen molar-refractivity contribution in [3.63, 3.8) is 0 Å². The third-order valence-electron chi connectivity index (χ3n) is 7.64. The number of aromatic carboxylic acids is 1. The van der Waals surface area contributed by atoms with Crippen LogP contribution in [0, 0.1) is 12.8 Å². The van der Waals surface area contributed by atoms with Crippen LogP contribution in [0.15, 0.2) is 40.9 Å². The molecule has 0 spiro atoms. The molecule has 3 fully saturated rings. The van der Waals surface area contributed by atoms with Crippen LogP contribution in [0.4, 0.5) is 5.69 Å². The van der Waals surface area contributed by atoms with Gasteiger partial charge in [-0.15, -0.1) is 0 Å². The van der Waals surface area contributed by atoms with Crippen LogP contribution in [-0.4, -0.2) is 34.9 Å². The molecule has 1 N–H and O–H groups in total. The van der Waals surface area contributed by atoms with Crippen LogP contribution in [0.1, 0.15) is 58.8 Å². The molecule has 0 amide bonds. The van der Waals surface area contributed by atoms with E-state index in [1.807, 2.05) is 31.2 Å². The zero-order valence-corrected chi connectivity index (χ0v) is 20.9. The Labute approximate surface area is 213 Å². The van der Waals surface area contributed by atoms with E-state index in [9.17, 15) is 9.90 Å². The summed E-state index contributed by atoms with van der Waals surface area (Å²) in [6, 6.07) is 11.2. The number of halogens is 2. The Hall–Kier alpha value is -2.54. The number of piperidine rings is 1. The molecule has 2 aliphatic carbocycles. The largest absolute Gasteiger partial charge is 0.478 e. The van der Waals surface area contributed by atoms with Gasteiger partial charge in [0.1, 0.15) is 11.5 Å². The first-order chi connectivity index (χ1) is 16.9. The molecule has 2 aromatic carbocycles. The molecule has 3 atom stereocenters. The molecule has 1 saturated heterocycles. The van der Waals surface area contributed by atoms with Crippen molar-refractivity contribution in [1.29, 1.82) is 0 Å². The number of hydrogen-bond donors (Lipinski definition) is 1. The number of carbonyl (C=O) groups is 1. The Morgan fingerprint density at radius 1 is 1.20 bits per heavy atom. The lowest BCUT2D eigenvalue weighted by molar-refractivity contribution is 0.0122. The van der Waals surface area contributed by atoms with Gasteiger partial charge in [-0.3, -0.25) is 0 Å². The summed E-state index contributed by atoms with van der Waals surface area (Å²) in [7, 11) is 0. The van der Waals surface area contributed by atoms with E-state index in [-0.39, 0.29) is 6.10 Å². The van der Waals surface area contributed by atoms with Gasteiger partial charge in [-0.05, 0) is 68.5 Å². The standard InChI is InChI=1S/C27H26Cl2N2O4/c1-14-9-16(27(32)33)7-8-22(14)31-12-17-10-18(31)11-23(17)34-13-19-25(30-35-26(19)15-5-6-15)24-20(28)3-2-4-21(24)29/h2-4,7-9,15,17-18,23H,5-6,10-13H2,1H3,(H,32,33)/t17-,18-,23+/m0/s1. The predicted octanol–water partition coefficient (Wildman–Crippen LogP) is 6.72. The molecule has 1 aliphatic heterocycles. The van der Waals surface area contributed by atoms with Crippen molar-refractivity contribution in [1.82, 2.24) is 5.16 Å². The molecule has 35 heavy (non-hydrogen) atoms. The van der Waals surface area contributed by atoms with Gasteiger partial charge in [0.25, 0.3) is 0 Å². The summed E-state index contributed by atoms with van der Waals surface area (Å²) in [6.45, 7) is 3.31. The van der Waals surface area contributed by atoms with Crippen molar-refractivity contribution in [3.05, 3.63) is 68.9 Å². The van der Waals surface area contributed by atoms with E-state index in [2.05, 4.69) is 10.1 Å². The molecule has 2 bridgehead atoms. The first-order valence-corrected chi connectivity index (χ1v) is 12.8. The number of aryl methyl sites for hydroxylation is 1. The van der Waals surface area contributed by atoms with Gasteiger partial charge in [-0.25, -0.2) is 4.79 Å². The lowest BCUT2D eigenvalue weighted by Gasteiger charge is -2.34. The smallest absolute Gasteiger partial charge is 0.335 e. The van der Waals surface area contributed by atoms with Gasteiger partial charge in [0.15, 0.2) is 0 Å². The zero-order chi connectivity index (χ0) is 24.3. The number of benzene rings is 2. The molecular formula is C27H26Cl2N2O4. The van der Waals surface area contributed by atoms with E-state index in [4.69, 9.17) is 32.5 Å². The fourth-order valence-electron chi connectivity index (χ4n) is 5.75. The van der Waals surface area contributed by atoms with Crippen LogP contribution in [0.2, 0.25) is 10.0 Å². The minimum absolute atomic E-state index is 0.159. The van der Waals surface area contributed by atoms with Crippen LogP contribution >= 0.6 is 23.2 Å². The third kappa shape index (κ3) is 4.11.